The quantitative estimate of drug-likeness (QED) is 0.717. The van der Waals surface area contributed by atoms with Crippen molar-refractivity contribution in [2.24, 2.45) is 0 Å². The molecular formula is C14H24N4O3. The van der Waals surface area contributed by atoms with Gasteiger partial charge < -0.3 is 15.1 Å². The van der Waals surface area contributed by atoms with Gasteiger partial charge in [0.05, 0.1) is 0 Å². The first-order valence-corrected chi connectivity index (χ1v) is 7.60. The number of carbonyl (C=O) groups excluding carboxylic acids is 3. The fourth-order valence-electron chi connectivity index (χ4n) is 2.92. The smallest absolute Gasteiger partial charge is 0.327 e. The zero-order chi connectivity index (χ0) is 15.4. The van der Waals surface area contributed by atoms with Crippen molar-refractivity contribution in [3.8, 4) is 0 Å². The minimum absolute atomic E-state index is 0.0627. The van der Waals surface area contributed by atoms with Crippen molar-refractivity contribution in [3.05, 3.63) is 0 Å². The highest BCUT2D eigenvalue weighted by atomic mass is 16.2. The van der Waals surface area contributed by atoms with Crippen molar-refractivity contribution < 1.29 is 14.4 Å². The van der Waals surface area contributed by atoms with E-state index in [1.54, 1.807) is 7.05 Å². The number of piperidine rings is 1. The van der Waals surface area contributed by atoms with Crippen LogP contribution in [0, 0.1) is 0 Å². The second-order valence-electron chi connectivity index (χ2n) is 5.69. The molecule has 4 amide bonds. The third-order valence-electron chi connectivity index (χ3n) is 4.06. The molecule has 7 nitrogen and oxygen atoms in total. The van der Waals surface area contributed by atoms with Crippen molar-refractivity contribution in [3.63, 3.8) is 0 Å². The van der Waals surface area contributed by atoms with Crippen molar-refractivity contribution in [1.29, 1.82) is 0 Å². The Bertz CT molecular complexity index is 420. The van der Waals surface area contributed by atoms with E-state index in [4.69, 9.17) is 0 Å². The molecule has 2 aliphatic rings. The lowest BCUT2D eigenvalue weighted by molar-refractivity contribution is -0.138. The Hall–Kier alpha value is -1.63. The first kappa shape index (κ1) is 15.8. The summed E-state index contributed by atoms with van der Waals surface area (Å²) in [6.45, 7) is 4.45. The summed E-state index contributed by atoms with van der Waals surface area (Å²) in [6, 6.07) is -0.167. The molecule has 1 N–H and O–H groups in total. The first-order valence-electron chi connectivity index (χ1n) is 7.60. The molecule has 2 aliphatic heterocycles. The summed E-state index contributed by atoms with van der Waals surface area (Å²) in [5.41, 5.74) is 0. The number of hydrogen-bond donors (Lipinski definition) is 1. The van der Waals surface area contributed by atoms with Crippen molar-refractivity contribution >= 4 is 17.8 Å². The lowest BCUT2D eigenvalue weighted by Crippen LogP contribution is -2.50. The van der Waals surface area contributed by atoms with Gasteiger partial charge in [0.25, 0.3) is 5.91 Å². The Morgan fingerprint density at radius 1 is 1.33 bits per heavy atom. The molecule has 21 heavy (non-hydrogen) atoms. The van der Waals surface area contributed by atoms with Gasteiger partial charge in [0, 0.05) is 19.6 Å². The van der Waals surface area contributed by atoms with E-state index in [0.29, 0.717) is 6.54 Å². The van der Waals surface area contributed by atoms with Crippen LogP contribution in [-0.2, 0) is 9.59 Å². The second-order valence-corrected chi connectivity index (χ2v) is 5.69. The minimum atomic E-state index is -0.380. The van der Waals surface area contributed by atoms with Gasteiger partial charge in [0.15, 0.2) is 0 Å². The third kappa shape index (κ3) is 3.53. The number of likely N-dealkylation sites (N-methyl/N-ethyl adjacent to an activating group) is 1. The molecule has 2 saturated heterocycles. The maximum Gasteiger partial charge on any atom is 0.327 e. The van der Waals surface area contributed by atoms with Crippen molar-refractivity contribution in [2.45, 2.75) is 32.2 Å². The molecule has 2 heterocycles. The molecule has 0 saturated carbocycles. The molecule has 0 aliphatic carbocycles. The van der Waals surface area contributed by atoms with Gasteiger partial charge in [-0.2, -0.15) is 0 Å². The molecule has 0 bridgehead atoms. The average molecular weight is 296 g/mol. The summed E-state index contributed by atoms with van der Waals surface area (Å²) >= 11 is 0. The Kier molecular flexibility index (Phi) is 5.17. The third-order valence-corrected chi connectivity index (χ3v) is 4.06. The van der Waals surface area contributed by atoms with E-state index in [1.807, 2.05) is 11.8 Å². The van der Waals surface area contributed by atoms with E-state index >= 15 is 0 Å². The lowest BCUT2D eigenvalue weighted by Gasteiger charge is -2.35. The predicted octanol–water partition coefficient (Wildman–Crippen LogP) is -0.129. The normalized spacial score (nSPS) is 20.3. The molecule has 0 aromatic rings. The highest BCUT2D eigenvalue weighted by molar-refractivity contribution is 6.04. The molecule has 0 unspecified atom stereocenters. The SMILES string of the molecule is CCCN(C(=O)CN1C(=O)CN(C)C1=O)C1CCNCC1. The maximum absolute atomic E-state index is 12.5. The lowest BCUT2D eigenvalue weighted by atomic mass is 10.0. The molecule has 0 atom stereocenters. The topological polar surface area (TPSA) is 73.0 Å². The Morgan fingerprint density at radius 3 is 2.52 bits per heavy atom. The highest BCUT2D eigenvalue weighted by Gasteiger charge is 2.36. The van der Waals surface area contributed by atoms with E-state index in [9.17, 15) is 14.4 Å². The van der Waals surface area contributed by atoms with Crippen LogP contribution in [-0.4, -0.2) is 78.4 Å². The molecule has 0 aromatic heterocycles. The molecule has 7 heteroatoms. The van der Waals surface area contributed by atoms with Gasteiger partial charge in [0.2, 0.25) is 5.91 Å². The van der Waals surface area contributed by atoms with Gasteiger partial charge in [0.1, 0.15) is 13.1 Å². The zero-order valence-corrected chi connectivity index (χ0v) is 12.8. The predicted molar refractivity (Wildman–Crippen MR) is 77.6 cm³/mol. The number of amides is 4. The fourth-order valence-corrected chi connectivity index (χ4v) is 2.92. The molecular weight excluding hydrogens is 272 g/mol. The Labute approximate surface area is 125 Å². The number of hydrogen-bond acceptors (Lipinski definition) is 4. The number of urea groups is 1. The van der Waals surface area contributed by atoms with E-state index in [-0.39, 0.29) is 37.0 Å². The van der Waals surface area contributed by atoms with Gasteiger partial charge in [-0.3, -0.25) is 14.5 Å². The van der Waals surface area contributed by atoms with E-state index < -0.39 is 0 Å². The summed E-state index contributed by atoms with van der Waals surface area (Å²) in [5, 5.41) is 3.28. The van der Waals surface area contributed by atoms with Crippen LogP contribution in [0.2, 0.25) is 0 Å². The van der Waals surface area contributed by atoms with Crippen LogP contribution in [0.1, 0.15) is 26.2 Å². The van der Waals surface area contributed by atoms with Gasteiger partial charge in [-0.25, -0.2) is 4.79 Å². The number of rotatable bonds is 5. The fraction of sp³-hybridized carbons (Fsp3) is 0.786. The van der Waals surface area contributed by atoms with E-state index in [0.717, 1.165) is 37.3 Å². The van der Waals surface area contributed by atoms with Crippen LogP contribution in [0.4, 0.5) is 4.79 Å². The summed E-state index contributed by atoms with van der Waals surface area (Å²) in [5.74, 6) is -0.418. The van der Waals surface area contributed by atoms with E-state index in [1.165, 1.54) is 4.90 Å². The number of imide groups is 1. The maximum atomic E-state index is 12.5. The van der Waals surface area contributed by atoms with Crippen molar-refractivity contribution in [2.75, 3.05) is 39.8 Å². The van der Waals surface area contributed by atoms with Gasteiger partial charge >= 0.3 is 6.03 Å². The second kappa shape index (κ2) is 6.89. The van der Waals surface area contributed by atoms with Crippen LogP contribution in [0.25, 0.3) is 0 Å². The zero-order valence-electron chi connectivity index (χ0n) is 12.8. The molecule has 2 rings (SSSR count). The van der Waals surface area contributed by atoms with Gasteiger partial charge in [-0.15, -0.1) is 0 Å². The van der Waals surface area contributed by atoms with Crippen LogP contribution >= 0.6 is 0 Å². The van der Waals surface area contributed by atoms with Gasteiger partial charge in [-0.1, -0.05) is 6.92 Å². The largest absolute Gasteiger partial charge is 0.338 e. The molecule has 2 fully saturated rings. The number of carbonyl (C=O) groups is 3. The number of nitrogens with zero attached hydrogens (tertiary/aromatic N) is 3. The van der Waals surface area contributed by atoms with Crippen molar-refractivity contribution in [1.82, 2.24) is 20.0 Å². The average Bonchev–Trinajstić information content (AvgIpc) is 2.72. The monoisotopic (exact) mass is 296 g/mol. The standard InChI is InChI=1S/C14H24N4O3/c1-3-8-17(11-4-6-15-7-5-11)13(20)10-18-12(19)9-16(2)14(18)21/h11,15H,3-10H2,1-2H3. The Morgan fingerprint density at radius 2 is 2.00 bits per heavy atom. The van der Waals surface area contributed by atoms with Crippen LogP contribution in [0.3, 0.4) is 0 Å². The van der Waals surface area contributed by atoms with E-state index in [2.05, 4.69) is 5.32 Å². The molecule has 0 aromatic carbocycles. The van der Waals surface area contributed by atoms with Crippen LogP contribution in [0.15, 0.2) is 0 Å². The number of nitrogens with one attached hydrogen (secondary N) is 1. The molecule has 0 radical (unpaired) electrons. The van der Waals surface area contributed by atoms with Crippen LogP contribution in [0.5, 0.6) is 0 Å². The summed E-state index contributed by atoms with van der Waals surface area (Å²) in [6.07, 6.45) is 2.72. The first-order chi connectivity index (χ1) is 10.0. The molecule has 118 valence electrons. The molecule has 0 spiro atoms. The Balaban J connectivity index is 2.01. The summed E-state index contributed by atoms with van der Waals surface area (Å²) < 4.78 is 0. The summed E-state index contributed by atoms with van der Waals surface area (Å²) in [7, 11) is 1.57. The minimum Gasteiger partial charge on any atom is -0.338 e. The highest BCUT2D eigenvalue weighted by Crippen LogP contribution is 2.15. The summed E-state index contributed by atoms with van der Waals surface area (Å²) in [4.78, 5) is 40.4. The van der Waals surface area contributed by atoms with Gasteiger partial charge in [-0.05, 0) is 32.4 Å². The van der Waals surface area contributed by atoms with Crippen LogP contribution < -0.4 is 5.32 Å².